The van der Waals surface area contributed by atoms with Gasteiger partial charge in [-0.25, -0.2) is 4.79 Å². The highest BCUT2D eigenvalue weighted by Crippen LogP contribution is 2.28. The van der Waals surface area contributed by atoms with E-state index < -0.39 is 11.9 Å². The molecule has 0 unspecified atom stereocenters. The van der Waals surface area contributed by atoms with E-state index in [-0.39, 0.29) is 24.0 Å². The zero-order chi connectivity index (χ0) is 13.5. The molecule has 0 saturated carbocycles. The molecule has 98 valence electrons. The predicted octanol–water partition coefficient (Wildman–Crippen LogP) is 2.02. The van der Waals surface area contributed by atoms with Crippen LogP contribution in [0.4, 0.5) is 0 Å². The van der Waals surface area contributed by atoms with Gasteiger partial charge in [0.05, 0.1) is 19.3 Å². The van der Waals surface area contributed by atoms with Gasteiger partial charge in [-0.05, 0) is 25.1 Å². The van der Waals surface area contributed by atoms with Gasteiger partial charge in [-0.3, -0.25) is 4.79 Å². The zero-order valence-corrected chi connectivity index (χ0v) is 10.8. The maximum Gasteiger partial charge on any atom is 0.338 e. The first-order chi connectivity index (χ1) is 8.62. The van der Waals surface area contributed by atoms with Gasteiger partial charge in [-0.2, -0.15) is 0 Å². The quantitative estimate of drug-likeness (QED) is 0.466. The maximum atomic E-state index is 11.5. The van der Waals surface area contributed by atoms with Crippen molar-refractivity contribution in [2.24, 2.45) is 0 Å². The molecule has 0 fully saturated rings. The molecule has 0 aromatic heterocycles. The first-order valence-corrected chi connectivity index (χ1v) is 5.77. The summed E-state index contributed by atoms with van der Waals surface area (Å²) in [6, 6.07) is 4.38. The van der Waals surface area contributed by atoms with Crippen molar-refractivity contribution in [1.29, 1.82) is 0 Å². The molecule has 0 amide bonds. The third-order valence-corrected chi connectivity index (χ3v) is 2.23. The second-order valence-corrected chi connectivity index (χ2v) is 3.46. The van der Waals surface area contributed by atoms with E-state index in [1.807, 2.05) is 0 Å². The van der Waals surface area contributed by atoms with Crippen LogP contribution in [0.1, 0.15) is 17.3 Å². The van der Waals surface area contributed by atoms with Crippen molar-refractivity contribution >= 4 is 23.5 Å². The van der Waals surface area contributed by atoms with E-state index in [1.165, 1.54) is 25.3 Å². The van der Waals surface area contributed by atoms with Crippen LogP contribution in [0.15, 0.2) is 18.2 Å². The van der Waals surface area contributed by atoms with Crippen LogP contribution < -0.4 is 9.47 Å². The smallest absolute Gasteiger partial charge is 0.338 e. The van der Waals surface area contributed by atoms with Crippen LogP contribution in [0.5, 0.6) is 11.5 Å². The van der Waals surface area contributed by atoms with Gasteiger partial charge in [0.25, 0.3) is 0 Å². The van der Waals surface area contributed by atoms with Crippen LogP contribution >= 0.6 is 11.6 Å². The monoisotopic (exact) mass is 272 g/mol. The van der Waals surface area contributed by atoms with Gasteiger partial charge >= 0.3 is 11.9 Å². The van der Waals surface area contributed by atoms with Crippen LogP contribution in [0.3, 0.4) is 0 Å². The van der Waals surface area contributed by atoms with E-state index in [9.17, 15) is 9.59 Å². The number of alkyl halides is 1. The summed E-state index contributed by atoms with van der Waals surface area (Å²) in [5.74, 6) is -0.858. The maximum absolute atomic E-state index is 11.5. The number of rotatable bonds is 5. The summed E-state index contributed by atoms with van der Waals surface area (Å²) in [6.45, 7) is 2.00. The molecule has 0 bridgehead atoms. The Balaban J connectivity index is 2.96. The topological polar surface area (TPSA) is 61.8 Å². The molecule has 0 radical (unpaired) electrons. The van der Waals surface area contributed by atoms with Crippen LogP contribution in [0.2, 0.25) is 0 Å². The summed E-state index contributed by atoms with van der Waals surface area (Å²) >= 11 is 5.33. The second kappa shape index (κ2) is 6.86. The van der Waals surface area contributed by atoms with Gasteiger partial charge in [0.2, 0.25) is 0 Å². The van der Waals surface area contributed by atoms with Crippen LogP contribution in [0.25, 0.3) is 0 Å². The number of hydrogen-bond acceptors (Lipinski definition) is 5. The van der Waals surface area contributed by atoms with E-state index in [0.717, 1.165) is 0 Å². The van der Waals surface area contributed by atoms with E-state index in [1.54, 1.807) is 6.92 Å². The molecule has 0 N–H and O–H groups in total. The number of ether oxygens (including phenoxy) is 3. The molecule has 0 aliphatic rings. The molecule has 0 spiro atoms. The van der Waals surface area contributed by atoms with Crippen molar-refractivity contribution in [1.82, 2.24) is 0 Å². The molecule has 1 aromatic rings. The lowest BCUT2D eigenvalue weighted by molar-refractivity contribution is -0.131. The van der Waals surface area contributed by atoms with Gasteiger partial charge in [0.1, 0.15) is 5.88 Å². The Labute approximate surface area is 110 Å². The Kier molecular flexibility index (Phi) is 5.45. The normalized spacial score (nSPS) is 9.72. The molecular formula is C12H13ClO5. The first-order valence-electron chi connectivity index (χ1n) is 5.24. The highest BCUT2D eigenvalue weighted by molar-refractivity contribution is 6.26. The molecule has 0 aliphatic heterocycles. The number of benzene rings is 1. The molecule has 0 heterocycles. The Bertz CT molecular complexity index is 444. The minimum atomic E-state index is -0.598. The van der Waals surface area contributed by atoms with Crippen molar-refractivity contribution in [3.05, 3.63) is 23.8 Å². The molecule has 0 atom stereocenters. The predicted molar refractivity (Wildman–Crippen MR) is 65.3 cm³/mol. The minimum Gasteiger partial charge on any atom is -0.493 e. The van der Waals surface area contributed by atoms with Crippen molar-refractivity contribution in [2.75, 3.05) is 19.6 Å². The molecular weight excluding hydrogens is 260 g/mol. The van der Waals surface area contributed by atoms with Crippen LogP contribution in [0, 0.1) is 0 Å². The molecule has 1 aromatic carbocycles. The summed E-state index contributed by atoms with van der Waals surface area (Å²) in [5, 5.41) is 0. The molecule has 5 nitrogen and oxygen atoms in total. The lowest BCUT2D eigenvalue weighted by atomic mass is 10.2. The van der Waals surface area contributed by atoms with Gasteiger partial charge in [-0.1, -0.05) is 0 Å². The second-order valence-electron chi connectivity index (χ2n) is 3.19. The minimum absolute atomic E-state index is 0.205. The Morgan fingerprint density at radius 2 is 2.00 bits per heavy atom. The average Bonchev–Trinajstić information content (AvgIpc) is 2.39. The number of hydrogen-bond donors (Lipinski definition) is 0. The summed E-state index contributed by atoms with van der Waals surface area (Å²) in [5.41, 5.74) is 0.319. The largest absolute Gasteiger partial charge is 0.493 e. The Morgan fingerprint density at radius 1 is 1.28 bits per heavy atom. The molecule has 18 heavy (non-hydrogen) atoms. The van der Waals surface area contributed by atoms with E-state index in [2.05, 4.69) is 0 Å². The summed E-state index contributed by atoms with van der Waals surface area (Å²) in [6.07, 6.45) is 0. The average molecular weight is 273 g/mol. The number of methoxy groups -OCH3 is 1. The van der Waals surface area contributed by atoms with E-state index in [4.69, 9.17) is 25.8 Å². The van der Waals surface area contributed by atoms with Gasteiger partial charge < -0.3 is 14.2 Å². The van der Waals surface area contributed by atoms with Crippen molar-refractivity contribution < 1.29 is 23.8 Å². The van der Waals surface area contributed by atoms with Crippen molar-refractivity contribution in [3.63, 3.8) is 0 Å². The summed E-state index contributed by atoms with van der Waals surface area (Å²) in [4.78, 5) is 22.6. The first kappa shape index (κ1) is 14.3. The standard InChI is InChI=1S/C12H13ClO5/c1-3-17-12(15)8-4-5-9(10(6-8)16-2)18-11(14)7-13/h4-6H,3,7H2,1-2H3. The van der Waals surface area contributed by atoms with Crippen molar-refractivity contribution in [3.8, 4) is 11.5 Å². The number of carbonyl (C=O) groups excluding carboxylic acids is 2. The number of halogens is 1. The highest BCUT2D eigenvalue weighted by atomic mass is 35.5. The fraction of sp³-hybridized carbons (Fsp3) is 0.333. The van der Waals surface area contributed by atoms with Gasteiger partial charge in [0.15, 0.2) is 11.5 Å². The molecule has 1 rings (SSSR count). The highest BCUT2D eigenvalue weighted by Gasteiger charge is 2.13. The third kappa shape index (κ3) is 3.63. The van der Waals surface area contributed by atoms with Crippen LogP contribution in [-0.4, -0.2) is 31.5 Å². The Hall–Kier alpha value is -1.75. The van der Waals surface area contributed by atoms with Gasteiger partial charge in [0, 0.05) is 0 Å². The Morgan fingerprint density at radius 3 is 2.56 bits per heavy atom. The number of esters is 2. The zero-order valence-electron chi connectivity index (χ0n) is 10.1. The SMILES string of the molecule is CCOC(=O)c1ccc(OC(=O)CCl)c(OC)c1. The summed E-state index contributed by atoms with van der Waals surface area (Å²) < 4.78 is 14.8. The molecule has 0 aliphatic carbocycles. The van der Waals surface area contributed by atoms with Crippen LogP contribution in [-0.2, 0) is 9.53 Å². The van der Waals surface area contributed by atoms with E-state index in [0.29, 0.717) is 5.56 Å². The lowest BCUT2D eigenvalue weighted by Crippen LogP contribution is -2.10. The lowest BCUT2D eigenvalue weighted by Gasteiger charge is -2.09. The van der Waals surface area contributed by atoms with Crippen molar-refractivity contribution in [2.45, 2.75) is 6.92 Å². The fourth-order valence-electron chi connectivity index (χ4n) is 1.24. The van der Waals surface area contributed by atoms with Gasteiger partial charge in [-0.15, -0.1) is 11.6 Å². The third-order valence-electron chi connectivity index (χ3n) is 2.01. The number of carbonyl (C=O) groups is 2. The fourth-order valence-corrected chi connectivity index (χ4v) is 1.30. The summed E-state index contributed by atoms with van der Waals surface area (Å²) in [7, 11) is 1.41. The van der Waals surface area contributed by atoms with E-state index >= 15 is 0 Å². The molecule has 0 saturated heterocycles. The molecule has 6 heteroatoms.